The minimum Gasteiger partial charge on any atom is -0.426 e. The van der Waals surface area contributed by atoms with E-state index in [0.717, 1.165) is 22.9 Å². The van der Waals surface area contributed by atoms with Crippen molar-refractivity contribution >= 4 is 29.1 Å². The summed E-state index contributed by atoms with van der Waals surface area (Å²) in [7, 11) is 0. The molecule has 8 nitrogen and oxygen atoms in total. The molecule has 0 spiro atoms. The third-order valence-electron chi connectivity index (χ3n) is 3.79. The fourth-order valence-electron chi connectivity index (χ4n) is 2.53. The fraction of sp³-hybridized carbons (Fsp3) is 0.200. The van der Waals surface area contributed by atoms with E-state index in [1.165, 1.54) is 0 Å². The lowest BCUT2D eigenvalue weighted by Crippen LogP contribution is -2.33. The van der Waals surface area contributed by atoms with E-state index in [1.807, 2.05) is 0 Å². The van der Waals surface area contributed by atoms with Gasteiger partial charge in [-0.1, -0.05) is 0 Å². The maximum atomic E-state index is 13.8. The van der Waals surface area contributed by atoms with Crippen LogP contribution in [-0.4, -0.2) is 31.0 Å². The van der Waals surface area contributed by atoms with Gasteiger partial charge in [0.1, 0.15) is 17.2 Å². The standard InChI is InChI=1S/C15H8F6N4O4S/c16-7-4-9-12(10(5-7)29-15(19,20)14(17)18)22-11(24(9)30-21)6-23-3-1-2-8(13(23)26)25(27)28/h1-5,14H,6H2. The monoisotopic (exact) mass is 454 g/mol. The molecule has 0 fully saturated rings. The predicted molar refractivity (Wildman–Crippen MR) is 91.8 cm³/mol. The maximum absolute atomic E-state index is 13.8. The van der Waals surface area contributed by atoms with Gasteiger partial charge in [0.15, 0.2) is 18.1 Å². The molecule has 0 unspecified atom stereocenters. The van der Waals surface area contributed by atoms with Gasteiger partial charge in [0.05, 0.1) is 17.0 Å². The molecule has 30 heavy (non-hydrogen) atoms. The number of nitro groups is 1. The van der Waals surface area contributed by atoms with Crippen LogP contribution in [0.2, 0.25) is 0 Å². The second-order valence-electron chi connectivity index (χ2n) is 5.71. The predicted octanol–water partition coefficient (Wildman–Crippen LogP) is 3.91. The average molecular weight is 454 g/mol. The summed E-state index contributed by atoms with van der Waals surface area (Å²) in [5.41, 5.74) is -2.90. The quantitative estimate of drug-likeness (QED) is 0.305. The summed E-state index contributed by atoms with van der Waals surface area (Å²) >= 11 is -0.544. The van der Waals surface area contributed by atoms with Gasteiger partial charge < -0.3 is 9.30 Å². The number of fused-ring (bicyclic) bond motifs is 1. The van der Waals surface area contributed by atoms with Crippen molar-refractivity contribution < 1.29 is 35.5 Å². The highest BCUT2D eigenvalue weighted by atomic mass is 32.2. The first-order valence-electron chi connectivity index (χ1n) is 7.74. The van der Waals surface area contributed by atoms with Crippen molar-refractivity contribution in [1.29, 1.82) is 0 Å². The lowest BCUT2D eigenvalue weighted by molar-refractivity contribution is -0.386. The summed E-state index contributed by atoms with van der Waals surface area (Å²) in [6, 6.07) is 3.14. The molecule has 2 heterocycles. The van der Waals surface area contributed by atoms with Gasteiger partial charge in [-0.2, -0.15) is 17.6 Å². The maximum Gasteiger partial charge on any atom is 0.461 e. The van der Waals surface area contributed by atoms with E-state index in [9.17, 15) is 40.7 Å². The Labute approximate surface area is 166 Å². The number of ether oxygens (including phenoxy) is 1. The highest BCUT2D eigenvalue weighted by Crippen LogP contribution is 2.35. The Hall–Kier alpha value is -3.23. The molecule has 0 aliphatic heterocycles. The van der Waals surface area contributed by atoms with Crippen molar-refractivity contribution in [2.24, 2.45) is 0 Å². The van der Waals surface area contributed by atoms with Crippen LogP contribution < -0.4 is 10.3 Å². The minimum absolute atomic E-state index is 0.363. The number of nitrogens with zero attached hydrogens (tertiary/aromatic N) is 4. The van der Waals surface area contributed by atoms with Gasteiger partial charge in [0.2, 0.25) is 0 Å². The smallest absolute Gasteiger partial charge is 0.426 e. The summed E-state index contributed by atoms with van der Waals surface area (Å²) in [4.78, 5) is 25.8. The molecule has 1 aromatic carbocycles. The summed E-state index contributed by atoms with van der Waals surface area (Å²) in [6.45, 7) is -0.585. The van der Waals surface area contributed by atoms with Gasteiger partial charge >= 0.3 is 23.8 Å². The number of halogens is 6. The SMILES string of the molecule is O=c1c([N+](=O)[O-])cccn1Cc1nc2c(OC(F)(F)C(F)F)cc(F)cc2n1SF. The lowest BCUT2D eigenvalue weighted by Gasteiger charge is -2.17. The van der Waals surface area contributed by atoms with E-state index in [2.05, 4.69) is 9.72 Å². The first-order chi connectivity index (χ1) is 14.0. The van der Waals surface area contributed by atoms with Crippen molar-refractivity contribution in [3.8, 4) is 5.75 Å². The first kappa shape index (κ1) is 21.5. The Morgan fingerprint density at radius 1 is 1.33 bits per heavy atom. The third kappa shape index (κ3) is 3.92. The van der Waals surface area contributed by atoms with Gasteiger partial charge in [0.25, 0.3) is 0 Å². The van der Waals surface area contributed by atoms with E-state index < -0.39 is 70.2 Å². The summed E-state index contributed by atoms with van der Waals surface area (Å²) < 4.78 is 84.0. The molecule has 2 aromatic heterocycles. The largest absolute Gasteiger partial charge is 0.461 e. The zero-order valence-corrected chi connectivity index (χ0v) is 15.1. The Morgan fingerprint density at radius 2 is 2.03 bits per heavy atom. The zero-order chi connectivity index (χ0) is 22.2. The Bertz CT molecular complexity index is 1180. The van der Waals surface area contributed by atoms with Crippen LogP contribution in [0.1, 0.15) is 5.82 Å². The van der Waals surface area contributed by atoms with Crippen LogP contribution in [0.3, 0.4) is 0 Å². The van der Waals surface area contributed by atoms with Crippen LogP contribution >= 0.6 is 12.3 Å². The zero-order valence-electron chi connectivity index (χ0n) is 14.3. The van der Waals surface area contributed by atoms with Crippen LogP contribution in [0.5, 0.6) is 5.75 Å². The highest BCUT2D eigenvalue weighted by Gasteiger charge is 2.44. The van der Waals surface area contributed by atoms with Gasteiger partial charge in [-0.3, -0.25) is 14.9 Å². The molecule has 0 aliphatic carbocycles. The molecule has 15 heteroatoms. The number of rotatable bonds is 7. The van der Waals surface area contributed by atoms with Crippen LogP contribution in [0.4, 0.5) is 31.5 Å². The van der Waals surface area contributed by atoms with Crippen molar-refractivity contribution in [2.45, 2.75) is 19.1 Å². The van der Waals surface area contributed by atoms with Crippen molar-refractivity contribution in [1.82, 2.24) is 13.5 Å². The van der Waals surface area contributed by atoms with E-state index in [-0.39, 0.29) is 5.82 Å². The molecule has 0 N–H and O–H groups in total. The minimum atomic E-state index is -4.98. The lowest BCUT2D eigenvalue weighted by atomic mass is 10.3. The molecule has 0 saturated carbocycles. The average Bonchev–Trinajstić information content (AvgIpc) is 2.99. The Balaban J connectivity index is 2.14. The van der Waals surface area contributed by atoms with Gasteiger partial charge in [-0.25, -0.2) is 13.3 Å². The molecule has 3 aromatic rings. The number of benzene rings is 1. The first-order valence-corrected chi connectivity index (χ1v) is 8.41. The van der Waals surface area contributed by atoms with Crippen LogP contribution in [0.25, 0.3) is 11.0 Å². The molecule has 0 radical (unpaired) electrons. The molecule has 0 bridgehead atoms. The van der Waals surface area contributed by atoms with E-state index in [1.54, 1.807) is 0 Å². The molecule has 160 valence electrons. The number of hydrogen-bond acceptors (Lipinski definition) is 6. The third-order valence-corrected chi connectivity index (χ3v) is 4.34. The Morgan fingerprint density at radius 3 is 2.63 bits per heavy atom. The Kier molecular flexibility index (Phi) is 5.65. The normalized spacial score (nSPS) is 12.0. The molecule has 0 amide bonds. The molecule has 0 aliphatic rings. The van der Waals surface area contributed by atoms with Gasteiger partial charge in [0, 0.05) is 24.4 Å². The van der Waals surface area contributed by atoms with Gasteiger partial charge in [-0.15, -0.1) is 3.89 Å². The second kappa shape index (κ2) is 7.89. The van der Waals surface area contributed by atoms with Crippen molar-refractivity contribution in [2.75, 3.05) is 0 Å². The summed E-state index contributed by atoms with van der Waals surface area (Å²) in [5, 5.41) is 10.9. The van der Waals surface area contributed by atoms with Crippen LogP contribution in [0, 0.1) is 15.9 Å². The number of imidazole rings is 1. The molecule has 0 atom stereocenters. The van der Waals surface area contributed by atoms with Crippen molar-refractivity contribution in [3.05, 3.63) is 62.6 Å². The number of alkyl halides is 4. The molecule has 3 rings (SSSR count). The van der Waals surface area contributed by atoms with Gasteiger partial charge in [-0.05, 0) is 6.07 Å². The van der Waals surface area contributed by atoms with Crippen molar-refractivity contribution in [3.63, 3.8) is 0 Å². The molecular weight excluding hydrogens is 446 g/mol. The van der Waals surface area contributed by atoms with Crippen LogP contribution in [-0.2, 0) is 6.54 Å². The van der Waals surface area contributed by atoms with E-state index in [4.69, 9.17) is 0 Å². The van der Waals surface area contributed by atoms with E-state index >= 15 is 0 Å². The topological polar surface area (TPSA) is 92.2 Å². The highest BCUT2D eigenvalue weighted by molar-refractivity contribution is 7.92. The number of aromatic nitrogens is 3. The van der Waals surface area contributed by atoms with Crippen LogP contribution in [0.15, 0.2) is 35.3 Å². The molecular formula is C15H8F6N4O4S. The number of hydrogen-bond donors (Lipinski definition) is 0. The molecule has 0 saturated heterocycles. The fourth-order valence-corrected chi connectivity index (χ4v) is 2.92. The van der Waals surface area contributed by atoms with E-state index in [0.29, 0.717) is 16.1 Å². The number of pyridine rings is 1. The summed E-state index contributed by atoms with van der Waals surface area (Å²) in [5.74, 6) is -2.66. The second-order valence-corrected chi connectivity index (χ2v) is 6.21. The summed E-state index contributed by atoms with van der Waals surface area (Å²) in [6.07, 6.45) is -8.11.